The van der Waals surface area contributed by atoms with E-state index in [0.717, 1.165) is 30.1 Å². The molecule has 2 fully saturated rings. The third-order valence-electron chi connectivity index (χ3n) is 4.72. The van der Waals surface area contributed by atoms with Crippen molar-refractivity contribution < 1.29 is 9.05 Å². The Morgan fingerprint density at radius 2 is 1.90 bits per heavy atom. The summed E-state index contributed by atoms with van der Waals surface area (Å²) in [5, 5.41) is 7.86. The summed E-state index contributed by atoms with van der Waals surface area (Å²) in [4.78, 5) is 8.61. The second kappa shape index (κ2) is 4.68. The van der Waals surface area contributed by atoms with Crippen molar-refractivity contribution in [3.05, 3.63) is 23.4 Å². The van der Waals surface area contributed by atoms with E-state index < -0.39 is 0 Å². The van der Waals surface area contributed by atoms with Gasteiger partial charge in [0, 0.05) is 13.3 Å². The van der Waals surface area contributed by atoms with Crippen molar-refractivity contribution in [1.29, 1.82) is 0 Å². The molecule has 106 valence electrons. The largest absolute Gasteiger partial charge is 0.340 e. The van der Waals surface area contributed by atoms with Gasteiger partial charge in [-0.15, -0.1) is 0 Å². The second-order valence-corrected chi connectivity index (χ2v) is 6.15. The van der Waals surface area contributed by atoms with Gasteiger partial charge < -0.3 is 9.05 Å². The van der Waals surface area contributed by atoms with Crippen LogP contribution in [-0.4, -0.2) is 20.3 Å². The van der Waals surface area contributed by atoms with Gasteiger partial charge in [0.25, 0.3) is 0 Å². The molecule has 2 heterocycles. The first-order valence-electron chi connectivity index (χ1n) is 7.37. The molecule has 0 radical (unpaired) electrons. The van der Waals surface area contributed by atoms with E-state index in [4.69, 9.17) is 9.05 Å². The smallest absolute Gasteiger partial charge is 0.226 e. The van der Waals surface area contributed by atoms with E-state index in [2.05, 4.69) is 20.3 Å². The Morgan fingerprint density at radius 1 is 1.05 bits per heavy atom. The van der Waals surface area contributed by atoms with Crippen LogP contribution in [0.2, 0.25) is 0 Å². The molecule has 20 heavy (non-hydrogen) atoms. The van der Waals surface area contributed by atoms with Gasteiger partial charge in [0.2, 0.25) is 11.8 Å². The first kappa shape index (κ1) is 12.1. The van der Waals surface area contributed by atoms with E-state index in [1.165, 1.54) is 25.7 Å². The standard InChI is InChI=1S/C14H18N4O2/c1-8-15-12(17-19-8)7-13-16-14(20-18-13)6-11-5-9-2-3-10(11)4-9/h9-11H,2-7H2,1H3/t9-,10-,11-/m0/s1. The Morgan fingerprint density at radius 3 is 2.60 bits per heavy atom. The monoisotopic (exact) mass is 274 g/mol. The summed E-state index contributed by atoms with van der Waals surface area (Å²) in [6, 6.07) is 0. The quantitative estimate of drug-likeness (QED) is 0.851. The van der Waals surface area contributed by atoms with Crippen molar-refractivity contribution >= 4 is 0 Å². The zero-order valence-electron chi connectivity index (χ0n) is 11.6. The lowest BCUT2D eigenvalue weighted by atomic mass is 9.86. The van der Waals surface area contributed by atoms with Crippen LogP contribution in [0.1, 0.15) is 49.1 Å². The maximum absolute atomic E-state index is 5.37. The molecule has 6 heteroatoms. The van der Waals surface area contributed by atoms with E-state index in [1.54, 1.807) is 6.92 Å². The summed E-state index contributed by atoms with van der Waals surface area (Å²) in [7, 11) is 0. The first-order valence-corrected chi connectivity index (χ1v) is 7.37. The number of fused-ring (bicyclic) bond motifs is 2. The Balaban J connectivity index is 1.40. The van der Waals surface area contributed by atoms with Gasteiger partial charge in [-0.25, -0.2) is 0 Å². The normalized spacial score (nSPS) is 28.4. The van der Waals surface area contributed by atoms with Gasteiger partial charge >= 0.3 is 0 Å². The highest BCUT2D eigenvalue weighted by molar-refractivity contribution is 5.00. The summed E-state index contributed by atoms with van der Waals surface area (Å²) in [5.41, 5.74) is 0. The van der Waals surface area contributed by atoms with Crippen LogP contribution in [0.5, 0.6) is 0 Å². The van der Waals surface area contributed by atoms with E-state index >= 15 is 0 Å². The SMILES string of the molecule is Cc1nc(Cc2noc(C[C@@H]3C[C@H]4CC[C@H]3C4)n2)no1. The number of aryl methyl sites for hydroxylation is 1. The lowest BCUT2D eigenvalue weighted by molar-refractivity contribution is 0.287. The predicted octanol–water partition coefficient (Wildman–Crippen LogP) is 2.33. The van der Waals surface area contributed by atoms with Crippen molar-refractivity contribution in [2.75, 3.05) is 0 Å². The summed E-state index contributed by atoms with van der Waals surface area (Å²) >= 11 is 0. The van der Waals surface area contributed by atoms with Crippen LogP contribution in [0.3, 0.4) is 0 Å². The maximum Gasteiger partial charge on any atom is 0.226 e. The van der Waals surface area contributed by atoms with E-state index in [9.17, 15) is 0 Å². The molecule has 4 rings (SSSR count). The molecule has 2 bridgehead atoms. The van der Waals surface area contributed by atoms with E-state index in [0.29, 0.717) is 24.0 Å². The average Bonchev–Trinajstić information content (AvgIpc) is 3.16. The van der Waals surface area contributed by atoms with E-state index in [-0.39, 0.29) is 0 Å². The van der Waals surface area contributed by atoms with Gasteiger partial charge in [0.05, 0.1) is 6.42 Å². The van der Waals surface area contributed by atoms with Gasteiger partial charge in [-0.2, -0.15) is 9.97 Å². The molecule has 2 aromatic rings. The van der Waals surface area contributed by atoms with Crippen LogP contribution in [-0.2, 0) is 12.8 Å². The van der Waals surface area contributed by atoms with Crippen molar-refractivity contribution in [2.24, 2.45) is 17.8 Å². The summed E-state index contributed by atoms with van der Waals surface area (Å²) in [6.07, 6.45) is 6.96. The molecule has 0 saturated heterocycles. The average molecular weight is 274 g/mol. The highest BCUT2D eigenvalue weighted by Gasteiger charge is 2.40. The van der Waals surface area contributed by atoms with Crippen LogP contribution in [0, 0.1) is 24.7 Å². The lowest BCUT2D eigenvalue weighted by Gasteiger charge is -2.19. The van der Waals surface area contributed by atoms with Gasteiger partial charge in [-0.1, -0.05) is 16.7 Å². The number of hydrogen-bond acceptors (Lipinski definition) is 6. The fourth-order valence-corrected chi connectivity index (χ4v) is 3.85. The fourth-order valence-electron chi connectivity index (χ4n) is 3.85. The lowest BCUT2D eigenvalue weighted by Crippen LogP contribution is -2.13. The van der Waals surface area contributed by atoms with Gasteiger partial charge in [0.1, 0.15) is 0 Å². The number of aromatic nitrogens is 4. The van der Waals surface area contributed by atoms with E-state index in [1.807, 2.05) is 0 Å². The van der Waals surface area contributed by atoms with Gasteiger partial charge in [-0.05, 0) is 37.0 Å². The summed E-state index contributed by atoms with van der Waals surface area (Å²) in [5.74, 6) is 5.15. The molecule has 2 saturated carbocycles. The molecule has 0 aromatic carbocycles. The minimum absolute atomic E-state index is 0.470. The topological polar surface area (TPSA) is 77.8 Å². The molecule has 2 aliphatic rings. The zero-order chi connectivity index (χ0) is 13.5. The van der Waals surface area contributed by atoms with Crippen molar-refractivity contribution in [3.63, 3.8) is 0 Å². The molecule has 2 aromatic heterocycles. The highest BCUT2D eigenvalue weighted by atomic mass is 16.5. The molecular formula is C14H18N4O2. The number of rotatable bonds is 4. The van der Waals surface area contributed by atoms with Crippen molar-refractivity contribution in [2.45, 2.75) is 45.4 Å². The highest BCUT2D eigenvalue weighted by Crippen LogP contribution is 2.49. The Hall–Kier alpha value is -1.72. The van der Waals surface area contributed by atoms with Gasteiger partial charge in [0.15, 0.2) is 11.6 Å². The fraction of sp³-hybridized carbons (Fsp3) is 0.714. The molecule has 0 spiro atoms. The van der Waals surface area contributed by atoms with Crippen LogP contribution in [0.4, 0.5) is 0 Å². The van der Waals surface area contributed by atoms with Crippen molar-refractivity contribution in [3.8, 4) is 0 Å². The van der Waals surface area contributed by atoms with Crippen LogP contribution >= 0.6 is 0 Å². The number of nitrogens with zero attached hydrogens (tertiary/aromatic N) is 4. The predicted molar refractivity (Wildman–Crippen MR) is 68.8 cm³/mol. The Bertz CT molecular complexity index is 606. The molecule has 0 amide bonds. The van der Waals surface area contributed by atoms with Crippen LogP contribution in [0.25, 0.3) is 0 Å². The van der Waals surface area contributed by atoms with Crippen LogP contribution < -0.4 is 0 Å². The molecule has 0 aliphatic heterocycles. The minimum Gasteiger partial charge on any atom is -0.340 e. The maximum atomic E-state index is 5.37. The third kappa shape index (κ3) is 2.23. The third-order valence-corrected chi connectivity index (χ3v) is 4.72. The zero-order valence-corrected chi connectivity index (χ0v) is 11.6. The molecule has 0 unspecified atom stereocenters. The molecular weight excluding hydrogens is 256 g/mol. The number of hydrogen-bond donors (Lipinski definition) is 0. The Labute approximate surface area is 116 Å². The molecule has 0 N–H and O–H groups in total. The minimum atomic E-state index is 0.470. The Kier molecular flexibility index (Phi) is 2.82. The van der Waals surface area contributed by atoms with Crippen molar-refractivity contribution in [1.82, 2.24) is 20.3 Å². The first-order chi connectivity index (χ1) is 9.76. The molecule has 6 nitrogen and oxygen atoms in total. The summed E-state index contributed by atoms with van der Waals surface area (Å²) in [6.45, 7) is 1.77. The van der Waals surface area contributed by atoms with Crippen LogP contribution in [0.15, 0.2) is 9.05 Å². The molecule has 2 aliphatic carbocycles. The second-order valence-electron chi connectivity index (χ2n) is 6.15. The van der Waals surface area contributed by atoms with Gasteiger partial charge in [-0.3, -0.25) is 0 Å². The molecule has 3 atom stereocenters. The summed E-state index contributed by atoms with van der Waals surface area (Å²) < 4.78 is 10.3.